The van der Waals surface area contributed by atoms with E-state index < -0.39 is 12.3 Å². The Labute approximate surface area is 213 Å². The van der Waals surface area contributed by atoms with Crippen LogP contribution in [0.25, 0.3) is 22.6 Å². The first kappa shape index (κ1) is 25.2. The summed E-state index contributed by atoms with van der Waals surface area (Å²) in [5.41, 5.74) is 1.86. The smallest absolute Gasteiger partial charge is 0.280 e. The number of pyridine rings is 2. The number of alkyl halides is 2. The van der Waals surface area contributed by atoms with Crippen LogP contribution in [0.3, 0.4) is 0 Å². The molecule has 8 nitrogen and oxygen atoms in total. The fourth-order valence-corrected chi connectivity index (χ4v) is 3.98. The van der Waals surface area contributed by atoms with E-state index in [0.717, 1.165) is 12.8 Å². The molecule has 186 valence electrons. The van der Waals surface area contributed by atoms with Gasteiger partial charge in [0.2, 0.25) is 0 Å². The zero-order valence-electron chi connectivity index (χ0n) is 19.4. The van der Waals surface area contributed by atoms with E-state index in [2.05, 4.69) is 32.4 Å². The van der Waals surface area contributed by atoms with Crippen LogP contribution in [0.2, 0.25) is 0 Å². The number of halogens is 2. The molecule has 1 N–H and O–H groups in total. The predicted molar refractivity (Wildman–Crippen MR) is 136 cm³/mol. The number of benzene rings is 1. The molecular formula is C25H24F2N6O2S. The van der Waals surface area contributed by atoms with Crippen molar-refractivity contribution in [2.24, 2.45) is 0 Å². The van der Waals surface area contributed by atoms with Gasteiger partial charge in [-0.15, -0.1) is 10.2 Å². The maximum Gasteiger partial charge on any atom is 0.280 e. The van der Waals surface area contributed by atoms with Crippen LogP contribution in [-0.4, -0.2) is 37.2 Å². The molecule has 0 saturated carbocycles. The average molecular weight is 511 g/mol. The molecule has 11 heteroatoms. The van der Waals surface area contributed by atoms with E-state index >= 15 is 0 Å². The summed E-state index contributed by atoms with van der Waals surface area (Å²) in [6.45, 7) is 2.49. The molecule has 4 aromatic rings. The number of hydrogen-bond donors (Lipinski definition) is 1. The molecule has 0 saturated heterocycles. The van der Waals surface area contributed by atoms with E-state index in [9.17, 15) is 13.6 Å². The highest BCUT2D eigenvalue weighted by atomic mass is 32.1. The van der Waals surface area contributed by atoms with Crippen molar-refractivity contribution in [3.8, 4) is 28.4 Å². The molecule has 0 fully saturated rings. The maximum atomic E-state index is 13.3. The van der Waals surface area contributed by atoms with Gasteiger partial charge in [0.15, 0.2) is 5.82 Å². The molecule has 1 aromatic carbocycles. The summed E-state index contributed by atoms with van der Waals surface area (Å²) < 4.78 is 33.7. The number of carbonyl (C=O) groups is 1. The minimum atomic E-state index is -2.65. The number of aromatic nitrogens is 5. The number of carbonyl (C=O) groups excluding carboxylic acids is 1. The molecule has 1 aliphatic rings. The Hall–Kier alpha value is -3.86. The summed E-state index contributed by atoms with van der Waals surface area (Å²) in [4.78, 5) is 21.7. The van der Waals surface area contributed by atoms with Crippen LogP contribution in [0.5, 0.6) is 5.75 Å². The van der Waals surface area contributed by atoms with E-state index in [1.165, 1.54) is 12.3 Å². The SMILES string of the molecule is C[C@H]1CCCOc2ccc(-c3ccc(C(F)F)nc3)cc2C(=O)Nc2cccc(n2)-c2nncn21.S. The second-order valence-corrected chi connectivity index (χ2v) is 8.25. The molecule has 1 aliphatic heterocycles. The zero-order chi connectivity index (χ0) is 24.4. The van der Waals surface area contributed by atoms with E-state index in [-0.39, 0.29) is 25.2 Å². The van der Waals surface area contributed by atoms with Gasteiger partial charge in [0, 0.05) is 17.8 Å². The lowest BCUT2D eigenvalue weighted by molar-refractivity contribution is 0.102. The number of hydrogen-bond acceptors (Lipinski definition) is 6. The number of nitrogens with one attached hydrogen (secondary N) is 1. The number of fused-ring (bicyclic) bond motifs is 5. The predicted octanol–water partition coefficient (Wildman–Crippen LogP) is 5.44. The summed E-state index contributed by atoms with van der Waals surface area (Å²) in [5, 5.41) is 11.1. The summed E-state index contributed by atoms with van der Waals surface area (Å²) in [6.07, 6.45) is 1.96. The van der Waals surface area contributed by atoms with Gasteiger partial charge in [-0.25, -0.2) is 13.8 Å². The fraction of sp³-hybridized carbons (Fsp3) is 0.240. The Morgan fingerprint density at radius 2 is 1.97 bits per heavy atom. The molecule has 1 amide bonds. The average Bonchev–Trinajstić information content (AvgIpc) is 3.36. The first-order valence-electron chi connectivity index (χ1n) is 11.2. The Kier molecular flexibility index (Phi) is 7.58. The van der Waals surface area contributed by atoms with Gasteiger partial charge in [0.25, 0.3) is 12.3 Å². The highest BCUT2D eigenvalue weighted by Crippen LogP contribution is 2.30. The molecule has 0 spiro atoms. The summed E-state index contributed by atoms with van der Waals surface area (Å²) >= 11 is 0. The van der Waals surface area contributed by atoms with Crippen LogP contribution in [0, 0.1) is 0 Å². The van der Waals surface area contributed by atoms with Gasteiger partial charge in [-0.3, -0.25) is 9.78 Å². The van der Waals surface area contributed by atoms with Crippen molar-refractivity contribution in [1.82, 2.24) is 24.7 Å². The molecule has 4 heterocycles. The normalized spacial score (nSPS) is 15.6. The number of amides is 1. The molecule has 0 aliphatic carbocycles. The molecule has 1 atom stereocenters. The highest BCUT2D eigenvalue weighted by molar-refractivity contribution is 7.59. The van der Waals surface area contributed by atoms with Crippen LogP contribution < -0.4 is 10.1 Å². The van der Waals surface area contributed by atoms with Crippen LogP contribution in [0.1, 0.15) is 48.3 Å². The molecule has 36 heavy (non-hydrogen) atoms. The van der Waals surface area contributed by atoms with Crippen molar-refractivity contribution in [3.63, 3.8) is 0 Å². The number of anilines is 1. The standard InChI is InChI=1S/C25H22F2N6O2.H2S/c1-15-4-3-11-35-21-10-8-16(17-7-9-19(23(26)27)28-13-17)12-18(21)25(34)31-22-6-2-5-20(30-22)24-32-29-14-33(15)24;/h2,5-10,12-15,23H,3-4,11H2,1H3,(H,30,31,34);1H2/t15-;/m0./s1. The van der Waals surface area contributed by atoms with Crippen LogP contribution in [0.4, 0.5) is 14.6 Å². The molecule has 2 bridgehead atoms. The third-order valence-electron chi connectivity index (χ3n) is 5.86. The van der Waals surface area contributed by atoms with E-state index in [1.807, 2.05) is 10.6 Å². The van der Waals surface area contributed by atoms with Crippen molar-refractivity contribution in [2.75, 3.05) is 11.9 Å². The third kappa shape index (κ3) is 5.20. The monoisotopic (exact) mass is 510 g/mol. The van der Waals surface area contributed by atoms with Crippen molar-refractivity contribution in [1.29, 1.82) is 0 Å². The quantitative estimate of drug-likeness (QED) is 0.386. The number of ether oxygens (including phenoxy) is 1. The van der Waals surface area contributed by atoms with E-state index in [0.29, 0.717) is 46.4 Å². The van der Waals surface area contributed by atoms with E-state index in [4.69, 9.17) is 4.74 Å². The van der Waals surface area contributed by atoms with Gasteiger partial charge in [0.05, 0.1) is 12.2 Å². The minimum Gasteiger partial charge on any atom is -0.493 e. The van der Waals surface area contributed by atoms with Gasteiger partial charge < -0.3 is 14.6 Å². The topological polar surface area (TPSA) is 94.8 Å². The summed E-state index contributed by atoms with van der Waals surface area (Å²) in [5.74, 6) is 0.991. The molecule has 5 rings (SSSR count). The number of nitrogens with zero attached hydrogens (tertiary/aromatic N) is 5. The Morgan fingerprint density at radius 3 is 2.75 bits per heavy atom. The fourth-order valence-electron chi connectivity index (χ4n) is 3.98. The largest absolute Gasteiger partial charge is 0.493 e. The Bertz CT molecular complexity index is 1360. The van der Waals surface area contributed by atoms with Crippen LogP contribution in [-0.2, 0) is 0 Å². The first-order chi connectivity index (χ1) is 17.0. The Morgan fingerprint density at radius 1 is 1.14 bits per heavy atom. The van der Waals surface area contributed by atoms with Crippen LogP contribution >= 0.6 is 13.5 Å². The highest BCUT2D eigenvalue weighted by Gasteiger charge is 2.19. The lowest BCUT2D eigenvalue weighted by Gasteiger charge is -2.18. The summed E-state index contributed by atoms with van der Waals surface area (Å²) in [7, 11) is 0. The van der Waals surface area contributed by atoms with Gasteiger partial charge in [-0.05, 0) is 55.7 Å². The van der Waals surface area contributed by atoms with Crippen molar-refractivity contribution < 1.29 is 18.3 Å². The maximum absolute atomic E-state index is 13.3. The molecule has 0 radical (unpaired) electrons. The first-order valence-corrected chi connectivity index (χ1v) is 11.2. The third-order valence-corrected chi connectivity index (χ3v) is 5.86. The minimum absolute atomic E-state index is 0. The lowest BCUT2D eigenvalue weighted by Crippen LogP contribution is -2.16. The molecular weight excluding hydrogens is 486 g/mol. The summed E-state index contributed by atoms with van der Waals surface area (Å²) in [6, 6.07) is 13.4. The molecule has 0 unspecified atom stereocenters. The van der Waals surface area contributed by atoms with E-state index in [1.54, 1.807) is 42.7 Å². The Balaban J connectivity index is 0.00000304. The van der Waals surface area contributed by atoms with Crippen molar-refractivity contribution in [2.45, 2.75) is 32.2 Å². The second-order valence-electron chi connectivity index (χ2n) is 8.25. The van der Waals surface area contributed by atoms with Crippen LogP contribution in [0.15, 0.2) is 61.1 Å². The van der Waals surface area contributed by atoms with Crippen molar-refractivity contribution >= 4 is 25.2 Å². The van der Waals surface area contributed by atoms with Gasteiger partial charge in [0.1, 0.15) is 29.3 Å². The van der Waals surface area contributed by atoms with Gasteiger partial charge in [-0.1, -0.05) is 18.2 Å². The van der Waals surface area contributed by atoms with Gasteiger partial charge >= 0.3 is 0 Å². The zero-order valence-corrected chi connectivity index (χ0v) is 20.4. The van der Waals surface area contributed by atoms with Gasteiger partial charge in [-0.2, -0.15) is 13.5 Å². The lowest BCUT2D eigenvalue weighted by atomic mass is 10.0. The number of rotatable bonds is 2. The molecule has 3 aromatic heterocycles. The second kappa shape index (κ2) is 10.8. The van der Waals surface area contributed by atoms with Crippen molar-refractivity contribution in [3.05, 3.63) is 72.3 Å².